The van der Waals surface area contributed by atoms with E-state index in [2.05, 4.69) is 20.8 Å². The number of aliphatic hydroxyl groups excluding tert-OH is 2. The quantitative estimate of drug-likeness (QED) is 0.620. The van der Waals surface area contributed by atoms with Gasteiger partial charge in [0, 0.05) is 18.3 Å². The second kappa shape index (κ2) is 6.09. The van der Waals surface area contributed by atoms with Crippen molar-refractivity contribution in [2.75, 3.05) is 6.61 Å². The summed E-state index contributed by atoms with van der Waals surface area (Å²) in [7, 11) is 0. The molecule has 4 heteroatoms. The van der Waals surface area contributed by atoms with Gasteiger partial charge in [-0.15, -0.1) is 0 Å². The van der Waals surface area contributed by atoms with Gasteiger partial charge < -0.3 is 14.9 Å². The van der Waals surface area contributed by atoms with Crippen LogP contribution in [0.1, 0.15) is 53.4 Å². The highest BCUT2D eigenvalue weighted by Crippen LogP contribution is 2.53. The van der Waals surface area contributed by atoms with Crippen LogP contribution in [-0.2, 0) is 9.53 Å². The second-order valence-corrected chi connectivity index (χ2v) is 7.12. The van der Waals surface area contributed by atoms with Crippen LogP contribution >= 0.6 is 0 Å². The zero-order valence-electron chi connectivity index (χ0n) is 13.6. The van der Waals surface area contributed by atoms with Crippen molar-refractivity contribution in [2.24, 2.45) is 17.3 Å². The van der Waals surface area contributed by atoms with Crippen LogP contribution in [0, 0.1) is 17.3 Å². The smallest absolute Gasteiger partial charge is 0.303 e. The largest absolute Gasteiger partial charge is 0.458 e. The molecule has 2 aliphatic rings. The molecule has 1 fully saturated rings. The van der Waals surface area contributed by atoms with Gasteiger partial charge >= 0.3 is 5.97 Å². The van der Waals surface area contributed by atoms with E-state index in [1.807, 2.05) is 0 Å². The van der Waals surface area contributed by atoms with Gasteiger partial charge in [0.1, 0.15) is 6.10 Å². The minimum atomic E-state index is -0.422. The molecule has 0 aromatic heterocycles. The maximum atomic E-state index is 11.6. The van der Waals surface area contributed by atoms with Crippen molar-refractivity contribution in [1.82, 2.24) is 0 Å². The third kappa shape index (κ3) is 2.88. The number of carbonyl (C=O) groups is 1. The lowest BCUT2D eigenvalue weighted by Crippen LogP contribution is -2.50. The maximum absolute atomic E-state index is 11.6. The van der Waals surface area contributed by atoms with Gasteiger partial charge in [0.2, 0.25) is 0 Å². The van der Waals surface area contributed by atoms with E-state index in [1.54, 1.807) is 0 Å². The monoisotopic (exact) mass is 296 g/mol. The second-order valence-electron chi connectivity index (χ2n) is 7.12. The lowest BCUT2D eigenvalue weighted by molar-refractivity contribution is -0.152. The molecule has 0 saturated heterocycles. The van der Waals surface area contributed by atoms with E-state index in [4.69, 9.17) is 4.74 Å². The van der Waals surface area contributed by atoms with Gasteiger partial charge in [-0.3, -0.25) is 4.79 Å². The lowest BCUT2D eigenvalue weighted by Gasteiger charge is -2.51. The summed E-state index contributed by atoms with van der Waals surface area (Å²) in [6.07, 6.45) is 2.45. The maximum Gasteiger partial charge on any atom is 0.303 e. The summed E-state index contributed by atoms with van der Waals surface area (Å²) in [5.74, 6) is 0.356. The normalized spacial score (nSPS) is 36.6. The van der Waals surface area contributed by atoms with Crippen LogP contribution in [0.2, 0.25) is 0 Å². The molecular weight excluding hydrogens is 268 g/mol. The Kier molecular flexibility index (Phi) is 4.79. The van der Waals surface area contributed by atoms with E-state index in [9.17, 15) is 15.0 Å². The number of carbonyl (C=O) groups excluding carboxylic acids is 1. The van der Waals surface area contributed by atoms with Gasteiger partial charge in [-0.1, -0.05) is 20.8 Å². The summed E-state index contributed by atoms with van der Waals surface area (Å²) in [5.41, 5.74) is 1.57. The highest BCUT2D eigenvalue weighted by molar-refractivity contribution is 5.66. The molecule has 120 valence electrons. The van der Waals surface area contributed by atoms with Gasteiger partial charge in [0.15, 0.2) is 0 Å². The summed E-state index contributed by atoms with van der Waals surface area (Å²) < 4.78 is 5.66. The Morgan fingerprint density at radius 2 is 2.10 bits per heavy atom. The Balaban J connectivity index is 2.50. The van der Waals surface area contributed by atoms with Crippen LogP contribution < -0.4 is 0 Å². The highest BCUT2D eigenvalue weighted by atomic mass is 16.5. The number of ether oxygens (including phenoxy) is 1. The zero-order chi connectivity index (χ0) is 15.8. The lowest BCUT2D eigenvalue weighted by atomic mass is 9.57. The fourth-order valence-corrected chi connectivity index (χ4v) is 4.18. The molecule has 0 aromatic rings. The van der Waals surface area contributed by atoms with Crippen LogP contribution in [0.4, 0.5) is 0 Å². The van der Waals surface area contributed by atoms with Gasteiger partial charge in [-0.2, -0.15) is 0 Å². The Hall–Kier alpha value is -0.870. The van der Waals surface area contributed by atoms with Crippen LogP contribution in [0.5, 0.6) is 0 Å². The summed E-state index contributed by atoms with van der Waals surface area (Å²) in [6, 6.07) is 0. The van der Waals surface area contributed by atoms with Crippen LogP contribution in [0.3, 0.4) is 0 Å². The highest BCUT2D eigenvalue weighted by Gasteiger charge is 2.51. The molecule has 2 rings (SSSR count). The first kappa shape index (κ1) is 16.5. The molecule has 0 aromatic carbocycles. The Morgan fingerprint density at radius 3 is 2.62 bits per heavy atom. The van der Waals surface area contributed by atoms with E-state index in [-0.39, 0.29) is 30.0 Å². The third-order valence-corrected chi connectivity index (χ3v) is 5.46. The third-order valence-electron chi connectivity index (χ3n) is 5.46. The van der Waals surface area contributed by atoms with Crippen LogP contribution in [0.25, 0.3) is 0 Å². The average molecular weight is 296 g/mol. The number of hydrogen-bond acceptors (Lipinski definition) is 4. The predicted octanol–water partition coefficient (Wildman–Crippen LogP) is 2.43. The molecule has 0 amide bonds. The average Bonchev–Trinajstić information content (AvgIpc) is 2.39. The van der Waals surface area contributed by atoms with E-state index in [1.165, 1.54) is 6.92 Å². The summed E-state index contributed by atoms with van der Waals surface area (Å²) in [4.78, 5) is 11.6. The first-order valence-corrected chi connectivity index (χ1v) is 7.99. The Morgan fingerprint density at radius 1 is 1.43 bits per heavy atom. The van der Waals surface area contributed by atoms with Crippen molar-refractivity contribution in [3.8, 4) is 0 Å². The summed E-state index contributed by atoms with van der Waals surface area (Å²) in [6.45, 7) is 7.75. The van der Waals surface area contributed by atoms with Crippen molar-refractivity contribution in [3.63, 3.8) is 0 Å². The standard InChI is InChI=1S/C17H28O4/c1-10(2)13-7-8-17(4)14(20)6-5-12(9-18)15(17)16(13)21-11(3)19/h10,13-14,16,18,20H,5-9H2,1-4H3/t13-,14+,16+,17-/m0/s1. The predicted molar refractivity (Wildman–Crippen MR) is 80.6 cm³/mol. The molecule has 0 bridgehead atoms. The molecule has 0 heterocycles. The molecular formula is C17H28O4. The van der Waals surface area contributed by atoms with E-state index < -0.39 is 6.10 Å². The molecule has 0 radical (unpaired) electrons. The summed E-state index contributed by atoms with van der Waals surface area (Å²) >= 11 is 0. The van der Waals surface area contributed by atoms with E-state index in [0.29, 0.717) is 18.8 Å². The van der Waals surface area contributed by atoms with Crippen molar-refractivity contribution in [2.45, 2.75) is 65.6 Å². The van der Waals surface area contributed by atoms with Gasteiger partial charge in [0.05, 0.1) is 12.7 Å². The number of aliphatic hydroxyl groups is 2. The minimum absolute atomic E-state index is 0.0137. The first-order chi connectivity index (χ1) is 9.81. The molecule has 1 saturated carbocycles. The first-order valence-electron chi connectivity index (χ1n) is 7.99. The van der Waals surface area contributed by atoms with E-state index in [0.717, 1.165) is 24.0 Å². The fourth-order valence-electron chi connectivity index (χ4n) is 4.18. The summed E-state index contributed by atoms with van der Waals surface area (Å²) in [5, 5.41) is 20.2. The number of hydrogen-bond donors (Lipinski definition) is 2. The molecule has 21 heavy (non-hydrogen) atoms. The molecule has 2 aliphatic carbocycles. The molecule has 0 unspecified atom stereocenters. The van der Waals surface area contributed by atoms with Gasteiger partial charge in [0.25, 0.3) is 0 Å². The fraction of sp³-hybridized carbons (Fsp3) is 0.824. The molecule has 0 spiro atoms. The van der Waals surface area contributed by atoms with Crippen LogP contribution in [0.15, 0.2) is 11.1 Å². The Bertz CT molecular complexity index is 440. The van der Waals surface area contributed by atoms with Gasteiger partial charge in [-0.25, -0.2) is 0 Å². The van der Waals surface area contributed by atoms with Crippen molar-refractivity contribution < 1.29 is 19.7 Å². The zero-order valence-corrected chi connectivity index (χ0v) is 13.6. The topological polar surface area (TPSA) is 66.8 Å². The van der Waals surface area contributed by atoms with E-state index >= 15 is 0 Å². The van der Waals surface area contributed by atoms with Gasteiger partial charge in [-0.05, 0) is 42.7 Å². The minimum Gasteiger partial charge on any atom is -0.458 e. The molecule has 4 atom stereocenters. The van der Waals surface area contributed by atoms with Crippen LogP contribution in [-0.4, -0.2) is 35.0 Å². The number of esters is 1. The molecule has 0 aliphatic heterocycles. The van der Waals surface area contributed by atoms with Crippen molar-refractivity contribution in [1.29, 1.82) is 0 Å². The molecule has 4 nitrogen and oxygen atoms in total. The Labute approximate surface area is 127 Å². The van der Waals surface area contributed by atoms with Crippen molar-refractivity contribution >= 4 is 5.97 Å². The SMILES string of the molecule is CC(=O)O[C@H]1C2=C(CO)CC[C@@H](O)[C@]2(C)CC[C@H]1C(C)C. The number of fused-ring (bicyclic) bond motifs is 1. The molecule has 2 N–H and O–H groups in total. The van der Waals surface area contributed by atoms with Crippen molar-refractivity contribution in [3.05, 3.63) is 11.1 Å². The number of rotatable bonds is 3.